The van der Waals surface area contributed by atoms with Crippen molar-refractivity contribution >= 4 is 17.5 Å². The van der Waals surface area contributed by atoms with Gasteiger partial charge >= 0.3 is 0 Å². The van der Waals surface area contributed by atoms with Gasteiger partial charge in [-0.3, -0.25) is 9.59 Å². The van der Waals surface area contributed by atoms with E-state index in [0.717, 1.165) is 30.6 Å². The standard InChI is InChI=1S/C18H25N3O2/c1-13(22)21-9-8-18(10-15(18)12-21)17(23)19-11-14-4-6-16(7-5-14)20(2)3/h4-7,15H,8-12H2,1-3H3,(H,19,23)/t15-,18-/m1/s1. The SMILES string of the molecule is CC(=O)N1CC[C@@]2(C(=O)NCc3ccc(N(C)C)cc3)C[C@@H]2C1. The van der Waals surface area contributed by atoms with Gasteiger partial charge in [-0.15, -0.1) is 0 Å². The van der Waals surface area contributed by atoms with E-state index in [2.05, 4.69) is 34.5 Å². The molecule has 2 aliphatic rings. The molecule has 124 valence electrons. The summed E-state index contributed by atoms with van der Waals surface area (Å²) in [6, 6.07) is 8.22. The molecule has 2 amide bonds. The van der Waals surface area contributed by atoms with Crippen LogP contribution in [0.5, 0.6) is 0 Å². The summed E-state index contributed by atoms with van der Waals surface area (Å²) in [4.78, 5) is 27.9. The second-order valence-electron chi connectivity index (χ2n) is 7.02. The van der Waals surface area contributed by atoms with Crippen molar-refractivity contribution in [3.8, 4) is 0 Å². The Bertz CT molecular complexity index is 611. The number of fused-ring (bicyclic) bond motifs is 1. The molecule has 1 N–H and O–H groups in total. The topological polar surface area (TPSA) is 52.7 Å². The van der Waals surface area contributed by atoms with E-state index < -0.39 is 0 Å². The van der Waals surface area contributed by atoms with E-state index in [1.54, 1.807) is 6.92 Å². The van der Waals surface area contributed by atoms with E-state index in [1.165, 1.54) is 0 Å². The van der Waals surface area contributed by atoms with Gasteiger partial charge in [0.1, 0.15) is 0 Å². The van der Waals surface area contributed by atoms with Gasteiger partial charge in [-0.05, 0) is 36.5 Å². The molecule has 5 nitrogen and oxygen atoms in total. The average molecular weight is 315 g/mol. The molecular weight excluding hydrogens is 290 g/mol. The zero-order valence-corrected chi connectivity index (χ0v) is 14.1. The molecule has 1 aromatic carbocycles. The van der Waals surface area contributed by atoms with Gasteiger partial charge in [-0.25, -0.2) is 0 Å². The second kappa shape index (κ2) is 5.87. The minimum atomic E-state index is -0.213. The second-order valence-corrected chi connectivity index (χ2v) is 7.02. The van der Waals surface area contributed by atoms with Crippen LogP contribution in [0.15, 0.2) is 24.3 Å². The van der Waals surface area contributed by atoms with E-state index in [4.69, 9.17) is 0 Å². The predicted octanol–water partition coefficient (Wildman–Crippen LogP) is 1.63. The highest BCUT2D eigenvalue weighted by atomic mass is 16.2. The molecule has 0 spiro atoms. The highest BCUT2D eigenvalue weighted by Crippen LogP contribution is 2.58. The molecule has 1 saturated carbocycles. The number of hydrogen-bond acceptors (Lipinski definition) is 3. The summed E-state index contributed by atoms with van der Waals surface area (Å²) in [5.74, 6) is 0.616. The smallest absolute Gasteiger partial charge is 0.226 e. The Morgan fingerprint density at radius 2 is 2.00 bits per heavy atom. The number of nitrogens with zero attached hydrogens (tertiary/aromatic N) is 2. The van der Waals surface area contributed by atoms with E-state index in [0.29, 0.717) is 19.0 Å². The number of amides is 2. The van der Waals surface area contributed by atoms with Gasteiger partial charge in [0.2, 0.25) is 11.8 Å². The third kappa shape index (κ3) is 3.05. The van der Waals surface area contributed by atoms with Crippen molar-refractivity contribution in [3.05, 3.63) is 29.8 Å². The zero-order valence-electron chi connectivity index (χ0n) is 14.1. The van der Waals surface area contributed by atoms with Crippen molar-refractivity contribution in [2.24, 2.45) is 11.3 Å². The summed E-state index contributed by atoms with van der Waals surface area (Å²) in [6.07, 6.45) is 1.71. The molecule has 0 radical (unpaired) electrons. The molecule has 0 bridgehead atoms. The highest BCUT2D eigenvalue weighted by Gasteiger charge is 2.61. The summed E-state index contributed by atoms with van der Waals surface area (Å²) >= 11 is 0. The molecule has 0 unspecified atom stereocenters. The Morgan fingerprint density at radius 1 is 1.30 bits per heavy atom. The van der Waals surface area contributed by atoms with Crippen LogP contribution in [-0.4, -0.2) is 43.9 Å². The summed E-state index contributed by atoms with van der Waals surface area (Å²) < 4.78 is 0. The lowest BCUT2D eigenvalue weighted by atomic mass is 9.94. The van der Waals surface area contributed by atoms with Crippen LogP contribution >= 0.6 is 0 Å². The molecule has 2 fully saturated rings. The number of hydrogen-bond donors (Lipinski definition) is 1. The molecule has 1 heterocycles. The van der Waals surface area contributed by atoms with Gasteiger partial charge in [0, 0.05) is 46.3 Å². The van der Waals surface area contributed by atoms with Gasteiger partial charge in [-0.1, -0.05) is 12.1 Å². The number of nitrogens with one attached hydrogen (secondary N) is 1. The molecule has 1 aliphatic carbocycles. The van der Waals surface area contributed by atoms with Gasteiger partial charge in [0.05, 0.1) is 5.41 Å². The van der Waals surface area contributed by atoms with E-state index >= 15 is 0 Å². The number of likely N-dealkylation sites (tertiary alicyclic amines) is 1. The van der Waals surface area contributed by atoms with Crippen LogP contribution in [0.3, 0.4) is 0 Å². The van der Waals surface area contributed by atoms with Gasteiger partial charge in [0.15, 0.2) is 0 Å². The van der Waals surface area contributed by atoms with Crippen molar-refractivity contribution in [1.82, 2.24) is 10.2 Å². The lowest BCUT2D eigenvalue weighted by Gasteiger charge is -2.30. The Hall–Kier alpha value is -2.04. The fourth-order valence-electron chi connectivity index (χ4n) is 3.57. The first-order valence-corrected chi connectivity index (χ1v) is 8.22. The summed E-state index contributed by atoms with van der Waals surface area (Å²) in [5, 5.41) is 3.09. The van der Waals surface area contributed by atoms with Gasteiger partial charge < -0.3 is 15.1 Å². The first kappa shape index (κ1) is 15.8. The fourth-order valence-corrected chi connectivity index (χ4v) is 3.57. The summed E-state index contributed by atoms with van der Waals surface area (Å²) in [7, 11) is 4.02. The number of carbonyl (C=O) groups excluding carboxylic acids is 2. The Balaban J connectivity index is 1.54. The maximum atomic E-state index is 12.6. The van der Waals surface area contributed by atoms with Crippen molar-refractivity contribution in [3.63, 3.8) is 0 Å². The Labute approximate surface area is 137 Å². The van der Waals surface area contributed by atoms with Gasteiger partial charge in [-0.2, -0.15) is 0 Å². The van der Waals surface area contributed by atoms with Crippen molar-refractivity contribution < 1.29 is 9.59 Å². The molecular formula is C18H25N3O2. The maximum Gasteiger partial charge on any atom is 0.226 e. The highest BCUT2D eigenvalue weighted by molar-refractivity contribution is 5.86. The van der Waals surface area contributed by atoms with Crippen LogP contribution in [0.25, 0.3) is 0 Å². The first-order valence-electron chi connectivity index (χ1n) is 8.22. The molecule has 2 atom stereocenters. The molecule has 3 rings (SSSR count). The first-order chi connectivity index (χ1) is 10.9. The largest absolute Gasteiger partial charge is 0.378 e. The fraction of sp³-hybridized carbons (Fsp3) is 0.556. The number of carbonyl (C=O) groups is 2. The Morgan fingerprint density at radius 3 is 2.57 bits per heavy atom. The van der Waals surface area contributed by atoms with E-state index in [-0.39, 0.29) is 17.2 Å². The number of rotatable bonds is 4. The quantitative estimate of drug-likeness (QED) is 0.919. The zero-order chi connectivity index (χ0) is 16.6. The van der Waals surface area contributed by atoms with Crippen LogP contribution in [0.2, 0.25) is 0 Å². The van der Waals surface area contributed by atoms with Crippen LogP contribution in [0, 0.1) is 11.3 Å². The molecule has 23 heavy (non-hydrogen) atoms. The van der Waals surface area contributed by atoms with Crippen LogP contribution in [0.4, 0.5) is 5.69 Å². The van der Waals surface area contributed by atoms with Crippen molar-refractivity contribution in [2.45, 2.75) is 26.3 Å². The van der Waals surface area contributed by atoms with Crippen LogP contribution in [-0.2, 0) is 16.1 Å². The predicted molar refractivity (Wildman–Crippen MR) is 90.0 cm³/mol. The monoisotopic (exact) mass is 315 g/mol. The number of benzene rings is 1. The minimum absolute atomic E-state index is 0.117. The minimum Gasteiger partial charge on any atom is -0.378 e. The molecule has 0 aromatic heterocycles. The summed E-state index contributed by atoms with van der Waals surface area (Å²) in [6.45, 7) is 3.61. The number of anilines is 1. The van der Waals surface area contributed by atoms with Crippen LogP contribution < -0.4 is 10.2 Å². The van der Waals surface area contributed by atoms with Crippen molar-refractivity contribution in [1.29, 1.82) is 0 Å². The summed E-state index contributed by atoms with van der Waals surface area (Å²) in [5.41, 5.74) is 2.05. The van der Waals surface area contributed by atoms with E-state index in [1.807, 2.05) is 19.0 Å². The third-order valence-electron chi connectivity index (χ3n) is 5.30. The lowest BCUT2D eigenvalue weighted by molar-refractivity contribution is -0.134. The normalized spacial score (nSPS) is 25.5. The maximum absolute atomic E-state index is 12.6. The van der Waals surface area contributed by atoms with Gasteiger partial charge in [0.25, 0.3) is 0 Å². The molecule has 1 aliphatic heterocycles. The third-order valence-corrected chi connectivity index (χ3v) is 5.30. The molecule has 5 heteroatoms. The lowest BCUT2D eigenvalue weighted by Crippen LogP contribution is -2.43. The Kier molecular flexibility index (Phi) is 4.04. The molecule has 1 aromatic rings. The molecule has 1 saturated heterocycles. The average Bonchev–Trinajstić information content (AvgIpc) is 3.27. The number of piperidine rings is 1. The van der Waals surface area contributed by atoms with Crippen LogP contribution in [0.1, 0.15) is 25.3 Å². The van der Waals surface area contributed by atoms with E-state index in [9.17, 15) is 9.59 Å². The van der Waals surface area contributed by atoms with Crippen molar-refractivity contribution in [2.75, 3.05) is 32.1 Å².